The van der Waals surface area contributed by atoms with Gasteiger partial charge in [0.2, 0.25) is 0 Å². The Morgan fingerprint density at radius 1 is 0.689 bits per heavy atom. The topological polar surface area (TPSA) is 210 Å². The molecule has 2 aromatic rings. The Morgan fingerprint density at radius 3 is 1.85 bits per heavy atom. The third-order valence-electron chi connectivity index (χ3n) is 11.3. The number of azide groups is 1. The predicted molar refractivity (Wildman–Crippen MR) is 237 cm³/mol. The average Bonchev–Trinajstić information content (AvgIpc) is 4.00. The number of hydrogen-bond donors (Lipinski definition) is 4. The van der Waals surface area contributed by atoms with Crippen LogP contribution in [0.3, 0.4) is 0 Å². The number of benzene rings is 2. The molecule has 0 aromatic heterocycles. The summed E-state index contributed by atoms with van der Waals surface area (Å²) in [5.74, 6) is 0.149. The first kappa shape index (κ1) is 47.7. The normalized spacial score (nSPS) is 24.5. The van der Waals surface area contributed by atoms with Crippen molar-refractivity contribution < 1.29 is 37.6 Å². The molecule has 8 atom stereocenters. The van der Waals surface area contributed by atoms with E-state index < -0.39 is 10.8 Å². The van der Waals surface area contributed by atoms with E-state index in [2.05, 4.69) is 31.3 Å². The van der Waals surface area contributed by atoms with Crippen LogP contribution < -0.4 is 21.3 Å². The highest BCUT2D eigenvalue weighted by atomic mass is 32.2. The Kier molecular flexibility index (Phi) is 21.0. The van der Waals surface area contributed by atoms with Gasteiger partial charge in [-0.1, -0.05) is 117 Å². The molecule has 0 aliphatic carbocycles. The molecule has 0 spiro atoms. The number of nitrogens with zero attached hydrogens (tertiary/aromatic N) is 3. The molecule has 17 heteroatoms. The number of urea groups is 2. The SMILES string of the molecule is O=C1N[C@H]2[C@H](C[S@](=O)[C@H]2CCCCC(=O)OCc2ccccc2)N1.[N-]=[N+]=NCCCCCCCCCCO[C@@H]1S[C@@H](CCCCC(=O)OCc2ccccc2)[C@H]2NC(=O)N[C@H]21. The Labute approximate surface area is 366 Å². The number of fused-ring (bicyclic) bond motifs is 2. The van der Waals surface area contributed by atoms with Gasteiger partial charge in [0, 0.05) is 52.7 Å². The Balaban J connectivity index is 0.000000252. The van der Waals surface area contributed by atoms with Crippen molar-refractivity contribution in [3.8, 4) is 0 Å². The molecule has 0 radical (unpaired) electrons. The average molecular weight is 882 g/mol. The predicted octanol–water partition coefficient (Wildman–Crippen LogP) is 7.70. The van der Waals surface area contributed by atoms with Gasteiger partial charge in [0.15, 0.2) is 0 Å². The second-order valence-corrected chi connectivity index (χ2v) is 19.0. The number of rotatable bonds is 26. The van der Waals surface area contributed by atoms with Crippen LogP contribution in [-0.2, 0) is 47.8 Å². The number of thioether (sulfide) groups is 1. The number of hydrogen-bond acceptors (Lipinski definition) is 10. The van der Waals surface area contributed by atoms with Gasteiger partial charge in [0.1, 0.15) is 18.6 Å². The van der Waals surface area contributed by atoms with Crippen LogP contribution in [0.25, 0.3) is 10.4 Å². The zero-order valence-corrected chi connectivity index (χ0v) is 36.7. The van der Waals surface area contributed by atoms with Crippen molar-refractivity contribution in [1.29, 1.82) is 0 Å². The van der Waals surface area contributed by atoms with E-state index in [9.17, 15) is 23.4 Å². The zero-order chi connectivity index (χ0) is 43.1. The fourth-order valence-electron chi connectivity index (χ4n) is 8.08. The molecule has 4 fully saturated rings. The van der Waals surface area contributed by atoms with Gasteiger partial charge < -0.3 is 35.5 Å². The molecule has 4 heterocycles. The van der Waals surface area contributed by atoms with Gasteiger partial charge in [-0.2, -0.15) is 0 Å². The molecule has 0 bridgehead atoms. The third kappa shape index (κ3) is 16.8. The van der Waals surface area contributed by atoms with E-state index in [4.69, 9.17) is 19.7 Å². The highest BCUT2D eigenvalue weighted by Crippen LogP contribution is 2.40. The first-order valence-corrected chi connectivity index (χ1v) is 24.3. The van der Waals surface area contributed by atoms with Crippen LogP contribution in [0, 0.1) is 0 Å². The zero-order valence-electron chi connectivity index (χ0n) is 35.1. The molecule has 4 aliphatic heterocycles. The van der Waals surface area contributed by atoms with Gasteiger partial charge in [-0.25, -0.2) is 9.59 Å². The standard InChI is InChI=1S/C27H41N5O4S.C17H22N2O4S/c28-32-29-18-12-5-3-1-2-4-6-13-19-35-26-25-24(30-27(34)31-25)22(37-26)16-10-11-17-23(33)36-20-21-14-8-7-9-15-21;20-15(23-10-12-6-2-1-3-7-12)9-5-4-8-14-16-13(11-24(14)22)18-17(21)19-16/h7-9,14-15,22,24-26H,1-6,10-13,16-20H2,(H2,30,31,34);1-3,6-7,13-14,16H,4-5,8-11H2,(H2,18,19,21)/t22-,24+,25+,26+;13-,14-,16-,24-/m00/s1. The van der Waals surface area contributed by atoms with E-state index in [0.29, 0.717) is 51.4 Å². The number of unbranched alkanes of at least 4 members (excludes halogenated alkanes) is 9. The number of carbonyl (C=O) groups is 4. The summed E-state index contributed by atoms with van der Waals surface area (Å²) in [7, 11) is -0.920. The Morgan fingerprint density at radius 2 is 1.23 bits per heavy atom. The van der Waals surface area contributed by atoms with E-state index in [1.54, 1.807) is 0 Å². The molecule has 2 aromatic carbocycles. The third-order valence-corrected chi connectivity index (χ3v) is 14.8. The highest BCUT2D eigenvalue weighted by molar-refractivity contribution is 8.00. The van der Waals surface area contributed by atoms with Gasteiger partial charge in [0.05, 0.1) is 29.4 Å². The monoisotopic (exact) mass is 881 g/mol. The molecule has 0 unspecified atom stereocenters. The fraction of sp³-hybridized carbons (Fsp3) is 0.636. The number of ether oxygens (including phenoxy) is 3. The van der Waals surface area contributed by atoms with E-state index in [1.807, 2.05) is 72.4 Å². The van der Waals surface area contributed by atoms with E-state index in [0.717, 1.165) is 68.9 Å². The molecule has 4 aliphatic rings. The lowest BCUT2D eigenvalue weighted by atomic mass is 10.0. The molecule has 4 amide bonds. The summed E-state index contributed by atoms with van der Waals surface area (Å²) in [5, 5.41) is 15.6. The van der Waals surface area contributed by atoms with Crippen molar-refractivity contribution >= 4 is 46.6 Å². The highest BCUT2D eigenvalue weighted by Gasteiger charge is 2.49. The quantitative estimate of drug-likeness (QED) is 0.0182. The molecule has 334 valence electrons. The maximum Gasteiger partial charge on any atom is 0.315 e. The second kappa shape index (κ2) is 26.9. The lowest BCUT2D eigenvalue weighted by Crippen LogP contribution is -2.40. The summed E-state index contributed by atoms with van der Waals surface area (Å²) < 4.78 is 28.9. The van der Waals surface area contributed by atoms with Crippen LogP contribution in [0.15, 0.2) is 65.8 Å². The summed E-state index contributed by atoms with van der Waals surface area (Å²) in [6.07, 6.45) is 14.8. The Hall–Kier alpha value is -4.31. The fourth-order valence-corrected chi connectivity index (χ4v) is 11.6. The van der Waals surface area contributed by atoms with E-state index in [1.165, 1.54) is 25.7 Å². The lowest BCUT2D eigenvalue weighted by molar-refractivity contribution is -0.146. The van der Waals surface area contributed by atoms with Gasteiger partial charge in [-0.05, 0) is 55.2 Å². The molecule has 61 heavy (non-hydrogen) atoms. The summed E-state index contributed by atoms with van der Waals surface area (Å²) in [6, 6.07) is 19.0. The maximum absolute atomic E-state index is 12.1. The minimum Gasteiger partial charge on any atom is -0.461 e. The molecular weight excluding hydrogens is 819 g/mol. The molecule has 6 rings (SSSR count). The first-order valence-electron chi connectivity index (χ1n) is 22.0. The van der Waals surface area contributed by atoms with E-state index in [-0.39, 0.29) is 64.1 Å². The van der Waals surface area contributed by atoms with Crippen molar-refractivity contribution in [3.63, 3.8) is 0 Å². The van der Waals surface area contributed by atoms with Gasteiger partial charge >= 0.3 is 24.0 Å². The first-order chi connectivity index (χ1) is 29.8. The van der Waals surface area contributed by atoms with Gasteiger partial charge in [-0.3, -0.25) is 13.8 Å². The minimum atomic E-state index is -0.920. The molecule has 0 saturated carbocycles. The summed E-state index contributed by atoms with van der Waals surface area (Å²) in [5.41, 5.74) is 10.2. The summed E-state index contributed by atoms with van der Waals surface area (Å²) in [4.78, 5) is 49.9. The number of amides is 4. The largest absolute Gasteiger partial charge is 0.461 e. The smallest absolute Gasteiger partial charge is 0.315 e. The number of carbonyl (C=O) groups excluding carboxylic acids is 4. The van der Waals surface area contributed by atoms with Crippen LogP contribution in [0.5, 0.6) is 0 Å². The van der Waals surface area contributed by atoms with Crippen LogP contribution in [0.2, 0.25) is 0 Å². The van der Waals surface area contributed by atoms with Crippen molar-refractivity contribution in [3.05, 3.63) is 82.2 Å². The van der Waals surface area contributed by atoms with Crippen molar-refractivity contribution in [2.45, 2.75) is 156 Å². The Bertz CT molecular complexity index is 1740. The van der Waals surface area contributed by atoms with Crippen molar-refractivity contribution in [2.75, 3.05) is 18.9 Å². The van der Waals surface area contributed by atoms with Crippen LogP contribution in [0.1, 0.15) is 114 Å². The molecule has 4 saturated heterocycles. The number of nitrogens with one attached hydrogen (secondary N) is 4. The van der Waals surface area contributed by atoms with Crippen LogP contribution >= 0.6 is 11.8 Å². The van der Waals surface area contributed by atoms with Crippen molar-refractivity contribution in [1.82, 2.24) is 21.3 Å². The van der Waals surface area contributed by atoms with Crippen LogP contribution in [0.4, 0.5) is 9.59 Å². The van der Waals surface area contributed by atoms with Gasteiger partial charge in [0.25, 0.3) is 0 Å². The molecule has 4 N–H and O–H groups in total. The lowest BCUT2D eigenvalue weighted by Gasteiger charge is -2.17. The maximum atomic E-state index is 12.1. The van der Waals surface area contributed by atoms with E-state index >= 15 is 0 Å². The van der Waals surface area contributed by atoms with Gasteiger partial charge in [-0.15, -0.1) is 11.8 Å². The summed E-state index contributed by atoms with van der Waals surface area (Å²) in [6.45, 7) is 1.94. The number of esters is 2. The van der Waals surface area contributed by atoms with Crippen molar-refractivity contribution in [2.24, 2.45) is 5.11 Å². The summed E-state index contributed by atoms with van der Waals surface area (Å²) >= 11 is 1.81. The van der Waals surface area contributed by atoms with Crippen LogP contribution in [-0.4, -0.2) is 87.2 Å². The molecular formula is C44H63N7O8S2. The second-order valence-electron chi connectivity index (χ2n) is 16.0. The molecule has 15 nitrogen and oxygen atoms in total. The minimum absolute atomic E-state index is 0.00343.